The molecule has 0 bridgehead atoms. The van der Waals surface area contributed by atoms with Gasteiger partial charge in [-0.1, -0.05) is 0 Å². The van der Waals surface area contributed by atoms with Crippen LogP contribution in [-0.4, -0.2) is 36.1 Å². The highest BCUT2D eigenvalue weighted by Gasteiger charge is 2.26. The van der Waals surface area contributed by atoms with E-state index in [2.05, 4.69) is 20.3 Å². The lowest BCUT2D eigenvalue weighted by Crippen LogP contribution is -2.43. The van der Waals surface area contributed by atoms with Crippen LogP contribution in [0, 0.1) is 5.92 Å². The summed E-state index contributed by atoms with van der Waals surface area (Å²) in [5.74, 6) is 0.544. The van der Waals surface area contributed by atoms with Crippen LogP contribution in [0.5, 0.6) is 0 Å². The predicted molar refractivity (Wildman–Crippen MR) is 62.1 cm³/mol. The summed E-state index contributed by atoms with van der Waals surface area (Å²) in [6.07, 6.45) is 5.25. The van der Waals surface area contributed by atoms with E-state index in [1.807, 2.05) is 4.90 Å². The average molecular weight is 236 g/mol. The van der Waals surface area contributed by atoms with Gasteiger partial charge in [-0.2, -0.15) is 0 Å². The fourth-order valence-electron chi connectivity index (χ4n) is 2.01. The quantitative estimate of drug-likeness (QED) is 0.768. The molecular weight excluding hydrogens is 220 g/mol. The van der Waals surface area contributed by atoms with Gasteiger partial charge in [0.25, 0.3) is 0 Å². The first-order valence-electron chi connectivity index (χ1n) is 5.66. The van der Waals surface area contributed by atoms with E-state index >= 15 is 0 Å². The highest BCUT2D eigenvalue weighted by Crippen LogP contribution is 2.19. The number of carbonyl (C=O) groups excluding carboxylic acids is 1. The van der Waals surface area contributed by atoms with Gasteiger partial charge >= 0.3 is 0 Å². The molecule has 1 N–H and O–H groups in total. The Hall–Kier alpha value is -1.69. The first-order chi connectivity index (χ1) is 8.31. The van der Waals surface area contributed by atoms with Crippen LogP contribution in [0.15, 0.2) is 18.5 Å². The molecule has 6 nitrogen and oxygen atoms in total. The van der Waals surface area contributed by atoms with Gasteiger partial charge < -0.3 is 4.90 Å². The van der Waals surface area contributed by atoms with Crippen LogP contribution in [0.25, 0.3) is 0 Å². The first kappa shape index (κ1) is 11.8. The van der Waals surface area contributed by atoms with Crippen molar-refractivity contribution in [1.29, 1.82) is 0 Å². The molecule has 1 aromatic rings. The van der Waals surface area contributed by atoms with Gasteiger partial charge in [0, 0.05) is 25.5 Å². The second-order valence-corrected chi connectivity index (χ2v) is 4.00. The summed E-state index contributed by atoms with van der Waals surface area (Å²) in [5.41, 5.74) is 2.38. The smallest absolute Gasteiger partial charge is 0.248 e. The van der Waals surface area contributed by atoms with E-state index in [0.29, 0.717) is 12.5 Å². The van der Waals surface area contributed by atoms with Gasteiger partial charge in [0.1, 0.15) is 0 Å². The molecule has 0 saturated carbocycles. The minimum Gasteiger partial charge on any atom is -0.340 e. The highest BCUT2D eigenvalue weighted by molar-refractivity contribution is 5.78. The molecule has 0 aromatic carbocycles. The fraction of sp³-hybridized carbons (Fsp3) is 0.545. The molecule has 0 spiro atoms. The topological polar surface area (TPSA) is 67.3 Å². The molecular formula is C11H16N4O2. The summed E-state index contributed by atoms with van der Waals surface area (Å²) in [6.45, 7) is 1.53. The Labute approximate surface area is 100.0 Å². The van der Waals surface area contributed by atoms with Crippen molar-refractivity contribution < 1.29 is 9.63 Å². The molecule has 92 valence electrons. The molecule has 1 amide bonds. The van der Waals surface area contributed by atoms with Crippen molar-refractivity contribution in [2.75, 3.05) is 25.1 Å². The second-order valence-electron chi connectivity index (χ2n) is 4.00. The second kappa shape index (κ2) is 5.58. The third-order valence-corrected chi connectivity index (χ3v) is 2.83. The molecule has 1 aromatic heterocycles. The van der Waals surface area contributed by atoms with Gasteiger partial charge in [0.05, 0.1) is 13.0 Å². The maximum absolute atomic E-state index is 11.7. The number of rotatable bonds is 3. The molecule has 1 atom stereocenters. The maximum Gasteiger partial charge on any atom is 0.248 e. The molecule has 0 radical (unpaired) electrons. The van der Waals surface area contributed by atoms with Crippen molar-refractivity contribution in [2.45, 2.75) is 12.8 Å². The van der Waals surface area contributed by atoms with E-state index in [4.69, 9.17) is 0 Å². The van der Waals surface area contributed by atoms with Gasteiger partial charge in [-0.3, -0.25) is 9.63 Å². The monoisotopic (exact) mass is 236 g/mol. The lowest BCUT2D eigenvalue weighted by molar-refractivity contribution is -0.135. The third kappa shape index (κ3) is 2.91. The fourth-order valence-corrected chi connectivity index (χ4v) is 2.01. The molecule has 6 heteroatoms. The van der Waals surface area contributed by atoms with Crippen molar-refractivity contribution in [3.8, 4) is 0 Å². The zero-order valence-electron chi connectivity index (χ0n) is 9.80. The summed E-state index contributed by atoms with van der Waals surface area (Å²) < 4.78 is 0. The SMILES string of the molecule is CONC(=O)[C@H]1CCCN(c2ncccn2)C1. The lowest BCUT2D eigenvalue weighted by Gasteiger charge is -2.31. The Morgan fingerprint density at radius 2 is 2.29 bits per heavy atom. The van der Waals surface area contributed by atoms with Crippen LogP contribution in [0.1, 0.15) is 12.8 Å². The van der Waals surface area contributed by atoms with Crippen molar-refractivity contribution in [2.24, 2.45) is 5.92 Å². The number of nitrogens with one attached hydrogen (secondary N) is 1. The van der Waals surface area contributed by atoms with Gasteiger partial charge in [0.2, 0.25) is 11.9 Å². The molecule has 0 unspecified atom stereocenters. The number of amides is 1. The minimum absolute atomic E-state index is 0.0625. The van der Waals surface area contributed by atoms with Crippen LogP contribution >= 0.6 is 0 Å². The Morgan fingerprint density at radius 3 is 3.00 bits per heavy atom. The summed E-state index contributed by atoms with van der Waals surface area (Å²) in [4.78, 5) is 26.7. The van der Waals surface area contributed by atoms with E-state index in [-0.39, 0.29) is 11.8 Å². The van der Waals surface area contributed by atoms with Crippen molar-refractivity contribution in [3.05, 3.63) is 18.5 Å². The normalized spacial score (nSPS) is 20.1. The standard InChI is InChI=1S/C11H16N4O2/c1-17-14-10(16)9-4-2-7-15(8-9)11-12-5-3-6-13-11/h3,5-6,9H,2,4,7-8H2,1H3,(H,14,16)/t9-/m0/s1. The summed E-state index contributed by atoms with van der Waals surface area (Å²) in [6, 6.07) is 1.78. The van der Waals surface area contributed by atoms with Crippen LogP contribution in [-0.2, 0) is 9.63 Å². The number of anilines is 1. The molecule has 1 aliphatic heterocycles. The van der Waals surface area contributed by atoms with E-state index in [1.54, 1.807) is 18.5 Å². The van der Waals surface area contributed by atoms with Crippen molar-refractivity contribution in [3.63, 3.8) is 0 Å². The van der Waals surface area contributed by atoms with Gasteiger partial charge in [-0.25, -0.2) is 15.4 Å². The summed E-state index contributed by atoms with van der Waals surface area (Å²) >= 11 is 0. The van der Waals surface area contributed by atoms with E-state index in [9.17, 15) is 4.79 Å². The van der Waals surface area contributed by atoms with E-state index in [1.165, 1.54) is 7.11 Å². The van der Waals surface area contributed by atoms with E-state index < -0.39 is 0 Å². The molecule has 2 heterocycles. The van der Waals surface area contributed by atoms with Crippen LogP contribution in [0.3, 0.4) is 0 Å². The molecule has 0 aliphatic carbocycles. The van der Waals surface area contributed by atoms with Crippen LogP contribution < -0.4 is 10.4 Å². The lowest BCUT2D eigenvalue weighted by atomic mass is 9.98. The van der Waals surface area contributed by atoms with Crippen LogP contribution in [0.4, 0.5) is 5.95 Å². The van der Waals surface area contributed by atoms with Crippen molar-refractivity contribution >= 4 is 11.9 Å². The Morgan fingerprint density at radius 1 is 1.53 bits per heavy atom. The molecule has 1 fully saturated rings. The third-order valence-electron chi connectivity index (χ3n) is 2.83. The maximum atomic E-state index is 11.7. The number of carbonyl (C=O) groups is 1. The molecule has 17 heavy (non-hydrogen) atoms. The number of hydrogen-bond donors (Lipinski definition) is 1. The van der Waals surface area contributed by atoms with E-state index in [0.717, 1.165) is 19.4 Å². The largest absolute Gasteiger partial charge is 0.340 e. The number of hydrogen-bond acceptors (Lipinski definition) is 5. The summed E-state index contributed by atoms with van der Waals surface area (Å²) in [5, 5.41) is 0. The number of aromatic nitrogens is 2. The van der Waals surface area contributed by atoms with Crippen LogP contribution in [0.2, 0.25) is 0 Å². The molecule has 2 rings (SSSR count). The minimum atomic E-state index is -0.0758. The number of nitrogens with zero attached hydrogens (tertiary/aromatic N) is 3. The highest BCUT2D eigenvalue weighted by atomic mass is 16.6. The Kier molecular flexibility index (Phi) is 3.87. The van der Waals surface area contributed by atoms with Gasteiger partial charge in [-0.05, 0) is 18.9 Å². The van der Waals surface area contributed by atoms with Gasteiger partial charge in [0.15, 0.2) is 0 Å². The van der Waals surface area contributed by atoms with Gasteiger partial charge in [-0.15, -0.1) is 0 Å². The first-order valence-corrected chi connectivity index (χ1v) is 5.66. The Bertz CT molecular complexity index is 371. The molecule has 1 aliphatic rings. The van der Waals surface area contributed by atoms with Crippen molar-refractivity contribution in [1.82, 2.24) is 15.4 Å². The Balaban J connectivity index is 2.00. The number of hydroxylamine groups is 1. The summed E-state index contributed by atoms with van der Waals surface area (Å²) in [7, 11) is 1.44. The number of piperidine rings is 1. The molecule has 1 saturated heterocycles. The zero-order chi connectivity index (χ0) is 12.1. The average Bonchev–Trinajstić information content (AvgIpc) is 2.40. The zero-order valence-corrected chi connectivity index (χ0v) is 9.80. The predicted octanol–water partition coefficient (Wildman–Crippen LogP) is 0.371.